The highest BCUT2D eigenvalue weighted by Crippen LogP contribution is 2.04. The van der Waals surface area contributed by atoms with Crippen LogP contribution in [0, 0.1) is 0 Å². The van der Waals surface area contributed by atoms with Crippen molar-refractivity contribution in [2.75, 3.05) is 7.11 Å². The largest absolute Gasteiger partial charge is 0.467 e. The molecule has 2 rings (SSSR count). The summed E-state index contributed by atoms with van der Waals surface area (Å²) in [7, 11) is 1.24. The number of imidazole rings is 2. The van der Waals surface area contributed by atoms with Gasteiger partial charge in [0.2, 0.25) is 11.8 Å². The summed E-state index contributed by atoms with van der Waals surface area (Å²) in [5.74, 6) is -1.45. The maximum absolute atomic E-state index is 12.6. The molecule has 2 aromatic heterocycles. The van der Waals surface area contributed by atoms with Gasteiger partial charge in [0.25, 0.3) is 0 Å². The van der Waals surface area contributed by atoms with Crippen LogP contribution in [0.3, 0.4) is 0 Å². The summed E-state index contributed by atoms with van der Waals surface area (Å²) in [4.78, 5) is 49.4. The van der Waals surface area contributed by atoms with Crippen LogP contribution in [0.25, 0.3) is 0 Å². The molecule has 0 bridgehead atoms. The van der Waals surface area contributed by atoms with E-state index in [-0.39, 0.29) is 18.7 Å². The number of esters is 1. The minimum Gasteiger partial charge on any atom is -0.467 e. The monoisotopic (exact) mass is 348 g/mol. The molecule has 0 aliphatic carbocycles. The fraction of sp³-hybridized carbons (Fsp3) is 0.400. The normalized spacial score (nSPS) is 12.9. The average Bonchev–Trinajstić information content (AvgIpc) is 3.26. The average molecular weight is 348 g/mol. The van der Waals surface area contributed by atoms with E-state index in [4.69, 9.17) is 4.74 Å². The molecule has 2 amide bonds. The van der Waals surface area contributed by atoms with Crippen molar-refractivity contribution in [3.8, 4) is 0 Å². The Morgan fingerprint density at radius 2 is 1.60 bits per heavy atom. The zero-order valence-electron chi connectivity index (χ0n) is 13.9. The smallest absolute Gasteiger partial charge is 0.328 e. The Hall–Kier alpha value is -3.17. The molecule has 10 heteroatoms. The third kappa shape index (κ3) is 5.44. The summed E-state index contributed by atoms with van der Waals surface area (Å²) in [6.07, 6.45) is 6.47. The first-order valence-corrected chi connectivity index (χ1v) is 7.59. The molecule has 2 heterocycles. The van der Waals surface area contributed by atoms with Crippen molar-refractivity contribution >= 4 is 17.8 Å². The number of nitrogens with zero attached hydrogens (tertiary/aromatic N) is 2. The molecule has 0 saturated heterocycles. The number of aromatic nitrogens is 4. The molecule has 0 saturated carbocycles. The summed E-state index contributed by atoms with van der Waals surface area (Å²) in [6.45, 7) is 1.32. The highest BCUT2D eigenvalue weighted by Gasteiger charge is 2.27. The van der Waals surface area contributed by atoms with E-state index in [1.54, 1.807) is 12.4 Å². The van der Waals surface area contributed by atoms with E-state index < -0.39 is 24.0 Å². The number of hydrogen-bond donors (Lipinski definition) is 4. The van der Waals surface area contributed by atoms with E-state index in [0.717, 1.165) is 0 Å². The molecule has 0 aliphatic rings. The second-order valence-corrected chi connectivity index (χ2v) is 5.40. The predicted molar refractivity (Wildman–Crippen MR) is 86.1 cm³/mol. The van der Waals surface area contributed by atoms with Crippen LogP contribution in [-0.4, -0.2) is 56.9 Å². The second-order valence-electron chi connectivity index (χ2n) is 5.40. The predicted octanol–water partition coefficient (Wildman–Crippen LogP) is -0.919. The molecule has 134 valence electrons. The quantitative estimate of drug-likeness (QED) is 0.455. The van der Waals surface area contributed by atoms with E-state index >= 15 is 0 Å². The van der Waals surface area contributed by atoms with Crippen molar-refractivity contribution in [1.82, 2.24) is 30.6 Å². The lowest BCUT2D eigenvalue weighted by molar-refractivity contribution is -0.145. The van der Waals surface area contributed by atoms with Crippen molar-refractivity contribution in [1.29, 1.82) is 0 Å². The maximum atomic E-state index is 12.6. The number of ether oxygens (including phenoxy) is 1. The Morgan fingerprint density at radius 3 is 2.04 bits per heavy atom. The molecular weight excluding hydrogens is 328 g/mol. The van der Waals surface area contributed by atoms with Gasteiger partial charge in [-0.1, -0.05) is 0 Å². The second kappa shape index (κ2) is 8.62. The van der Waals surface area contributed by atoms with Gasteiger partial charge in [-0.15, -0.1) is 0 Å². The lowest BCUT2D eigenvalue weighted by atomic mass is 10.1. The highest BCUT2D eigenvalue weighted by molar-refractivity contribution is 5.90. The number of aromatic amines is 2. The zero-order chi connectivity index (χ0) is 18.2. The van der Waals surface area contributed by atoms with Crippen molar-refractivity contribution in [3.63, 3.8) is 0 Å². The number of amides is 2. The first kappa shape index (κ1) is 18.2. The maximum Gasteiger partial charge on any atom is 0.328 e. The molecule has 25 heavy (non-hydrogen) atoms. The van der Waals surface area contributed by atoms with Gasteiger partial charge in [-0.2, -0.15) is 0 Å². The first-order chi connectivity index (χ1) is 12.0. The van der Waals surface area contributed by atoms with E-state index in [0.29, 0.717) is 11.4 Å². The number of carbonyl (C=O) groups excluding carboxylic acids is 3. The van der Waals surface area contributed by atoms with Gasteiger partial charge in [-0.05, 0) is 0 Å². The molecule has 0 aromatic carbocycles. The number of hydrogen-bond acceptors (Lipinski definition) is 6. The molecule has 2 aromatic rings. The van der Waals surface area contributed by atoms with Crippen molar-refractivity contribution in [2.24, 2.45) is 0 Å². The fourth-order valence-corrected chi connectivity index (χ4v) is 2.29. The fourth-order valence-electron chi connectivity index (χ4n) is 2.29. The van der Waals surface area contributed by atoms with E-state index in [1.165, 1.54) is 26.7 Å². The molecular formula is C15H20N6O4. The van der Waals surface area contributed by atoms with Gasteiger partial charge >= 0.3 is 5.97 Å². The number of nitrogens with one attached hydrogen (secondary N) is 4. The number of rotatable bonds is 8. The Morgan fingerprint density at radius 1 is 1.04 bits per heavy atom. The van der Waals surface area contributed by atoms with Gasteiger partial charge in [-0.25, -0.2) is 14.8 Å². The van der Waals surface area contributed by atoms with Gasteiger partial charge < -0.3 is 25.3 Å². The van der Waals surface area contributed by atoms with Crippen LogP contribution >= 0.6 is 0 Å². The van der Waals surface area contributed by atoms with Gasteiger partial charge in [0.05, 0.1) is 19.8 Å². The Kier molecular flexibility index (Phi) is 6.26. The molecule has 4 N–H and O–H groups in total. The minimum absolute atomic E-state index is 0.190. The lowest BCUT2D eigenvalue weighted by Crippen LogP contribution is -2.53. The van der Waals surface area contributed by atoms with Gasteiger partial charge in [0, 0.05) is 43.5 Å². The van der Waals surface area contributed by atoms with Crippen LogP contribution in [0.1, 0.15) is 18.3 Å². The van der Waals surface area contributed by atoms with Crippen molar-refractivity contribution in [2.45, 2.75) is 31.8 Å². The third-order valence-corrected chi connectivity index (χ3v) is 3.45. The van der Waals surface area contributed by atoms with Crippen LogP contribution in [-0.2, 0) is 32.0 Å². The molecule has 2 atom stereocenters. The third-order valence-electron chi connectivity index (χ3n) is 3.45. The van der Waals surface area contributed by atoms with Crippen LogP contribution in [0.4, 0.5) is 0 Å². The summed E-state index contributed by atoms with van der Waals surface area (Å²) in [5.41, 5.74) is 1.34. The topological polar surface area (TPSA) is 142 Å². The van der Waals surface area contributed by atoms with Crippen molar-refractivity contribution in [3.05, 3.63) is 36.4 Å². The summed E-state index contributed by atoms with van der Waals surface area (Å²) in [5, 5.41) is 5.18. The summed E-state index contributed by atoms with van der Waals surface area (Å²) >= 11 is 0. The van der Waals surface area contributed by atoms with Gasteiger partial charge in [0.15, 0.2) is 0 Å². The lowest BCUT2D eigenvalue weighted by Gasteiger charge is -2.21. The van der Waals surface area contributed by atoms with Crippen LogP contribution in [0.2, 0.25) is 0 Å². The van der Waals surface area contributed by atoms with Crippen LogP contribution in [0.15, 0.2) is 25.0 Å². The standard InChI is InChI=1S/C15H20N6O4/c1-9(22)20-12(3-10-5-16-7-18-10)14(23)21-13(15(24)25-2)4-11-6-17-8-19-11/h5-8,12-13H,3-4H2,1-2H3,(H,16,18)(H,17,19)(H,20,22)(H,21,23)/t12-,13-/m0/s1. The zero-order valence-corrected chi connectivity index (χ0v) is 13.9. The molecule has 0 radical (unpaired) electrons. The Balaban J connectivity index is 2.08. The van der Waals surface area contributed by atoms with Crippen LogP contribution in [0.5, 0.6) is 0 Å². The SMILES string of the molecule is COC(=O)[C@H](Cc1cnc[nH]1)NC(=O)[C@H](Cc1cnc[nH]1)NC(C)=O. The Bertz CT molecular complexity index is 698. The molecule has 0 aliphatic heterocycles. The van der Waals surface area contributed by atoms with Gasteiger partial charge in [0.1, 0.15) is 12.1 Å². The van der Waals surface area contributed by atoms with E-state index in [2.05, 4.69) is 30.6 Å². The number of H-pyrrole nitrogens is 2. The first-order valence-electron chi connectivity index (χ1n) is 7.59. The molecule has 0 fully saturated rings. The summed E-state index contributed by atoms with van der Waals surface area (Å²) < 4.78 is 4.74. The highest BCUT2D eigenvalue weighted by atomic mass is 16.5. The van der Waals surface area contributed by atoms with E-state index in [9.17, 15) is 14.4 Å². The molecule has 0 spiro atoms. The van der Waals surface area contributed by atoms with Crippen LogP contribution < -0.4 is 10.6 Å². The van der Waals surface area contributed by atoms with Crippen molar-refractivity contribution < 1.29 is 19.1 Å². The van der Waals surface area contributed by atoms with Gasteiger partial charge in [-0.3, -0.25) is 9.59 Å². The Labute approximate surface area is 143 Å². The number of methoxy groups -OCH3 is 1. The molecule has 10 nitrogen and oxygen atoms in total. The van der Waals surface area contributed by atoms with E-state index in [1.807, 2.05) is 0 Å². The number of carbonyl (C=O) groups is 3. The minimum atomic E-state index is -0.907. The molecule has 0 unspecified atom stereocenters. The summed E-state index contributed by atoms with van der Waals surface area (Å²) in [6, 6.07) is -1.76.